The van der Waals surface area contributed by atoms with Crippen LogP contribution in [-0.4, -0.2) is 306 Å². The summed E-state index contributed by atoms with van der Waals surface area (Å²) in [5.41, 5.74) is 19.1. The minimum Gasteiger partial charge on any atom is -0.394 e. The molecule has 13 atom stereocenters. The van der Waals surface area contributed by atoms with E-state index >= 15 is 14.4 Å². The van der Waals surface area contributed by atoms with Crippen molar-refractivity contribution < 1.29 is 86.6 Å². The number of thioether (sulfide) groups is 1. The smallest absolute Gasteiger partial charge is 0.246 e. The highest BCUT2D eigenvalue weighted by Crippen LogP contribution is 2.26. The molecule has 2 aliphatic heterocycles. The molecule has 2 fully saturated rings. The van der Waals surface area contributed by atoms with Gasteiger partial charge >= 0.3 is 0 Å². The van der Waals surface area contributed by atoms with E-state index in [9.17, 15) is 72.2 Å². The number of hydrogen-bond acceptors (Lipinski definition) is 22. The van der Waals surface area contributed by atoms with Gasteiger partial charge in [-0.2, -0.15) is 0 Å². The third kappa shape index (κ3) is 30.8. The number of primary amides is 2. The summed E-state index contributed by atoms with van der Waals surface area (Å²) in [4.78, 5) is 270. The van der Waals surface area contributed by atoms with Crippen molar-refractivity contribution in [3.63, 3.8) is 0 Å². The Morgan fingerprint density at radius 1 is 0.602 bits per heavy atom. The highest BCUT2D eigenvalue weighted by Gasteiger charge is 2.44. The summed E-state index contributed by atoms with van der Waals surface area (Å²) in [5, 5.41) is 45.9. The Morgan fingerprint density at radius 2 is 1.23 bits per heavy atom. The van der Waals surface area contributed by atoms with Gasteiger partial charge in [0, 0.05) is 114 Å². The standard InChI is InChI=1S/C85H124N24O18S/c1-10-12-26-66-78(121)98-58(25-19-29-92-85(88)89)75(118)104-65(74(117)94-41-70(87)113)44-128-45-71(114)97-61(32-50-21-15-14-16-22-50)81(124)106(7)49(5)72(115)100-63(37-69(86)112)83(126)109-30-20-28-67(109)79(122)99-59(36-54-40-91-47-96-54)76(119)101-60(31-48(3)4)80(123)105(6)42-55(111)34-51(33-53-39-90-46-95-53)73(116)103-64(43-110)77(120)102-62(35-52-38-93-57-24-18-17-23-56(52)57)82(125)108(9)68(27-13-11-2)84(127)107(66)8/h14-18,21-24,38-40,46-49,51,58-68,93,110H,10-13,19-20,25-37,41-45H2,1-9H3,(H2,86,112)(H2,87,113)(H,90,95)(H,91,96)(H,94,117)(H,97,114)(H,98,121)(H,99,122)(H,100,115)(H,101,119)(H,102,120)(H,103,116)(H,104,118)(H4,88,89,92)/t49-,51-,58+,59+,60+,61+,62+,63+,64+,65+,66+,67+,68+/m1/s1. The molecule has 0 spiro atoms. The van der Waals surface area contributed by atoms with Crippen LogP contribution >= 0.6 is 11.8 Å². The van der Waals surface area contributed by atoms with E-state index < -0.39 is 229 Å². The molecule has 0 unspecified atom stereocenters. The number of amides is 16. The quantitative estimate of drug-likeness (QED) is 0.0151. The molecule has 128 heavy (non-hydrogen) atoms. The van der Waals surface area contributed by atoms with Crippen LogP contribution in [0.15, 0.2) is 85.8 Å². The number of hydrogen-bond donors (Lipinski definition) is 18. The van der Waals surface area contributed by atoms with Gasteiger partial charge in [-0.1, -0.05) is 102 Å². The van der Waals surface area contributed by atoms with Crippen LogP contribution in [0.4, 0.5) is 0 Å². The lowest BCUT2D eigenvalue weighted by Crippen LogP contribution is -2.61. The lowest BCUT2D eigenvalue weighted by Gasteiger charge is -2.36. The van der Waals surface area contributed by atoms with Crippen LogP contribution in [0.25, 0.3) is 10.9 Å². The van der Waals surface area contributed by atoms with E-state index in [1.54, 1.807) is 74.6 Å². The summed E-state index contributed by atoms with van der Waals surface area (Å²) in [6.07, 6.45) is 6.72. The maximum absolute atomic E-state index is 15.6. The molecule has 2 aromatic carbocycles. The summed E-state index contributed by atoms with van der Waals surface area (Å²) in [7, 11) is 5.27. The van der Waals surface area contributed by atoms with Gasteiger partial charge < -0.3 is 115 Å². The molecule has 7 rings (SSSR count). The van der Waals surface area contributed by atoms with Crippen LogP contribution in [0.1, 0.15) is 141 Å². The van der Waals surface area contributed by atoms with Crippen molar-refractivity contribution in [3.8, 4) is 0 Å². The summed E-state index contributed by atoms with van der Waals surface area (Å²) in [6, 6.07) is -2.45. The molecule has 2 saturated heterocycles. The Bertz CT molecular complexity index is 4670. The van der Waals surface area contributed by atoms with Gasteiger partial charge in [-0.15, -0.1) is 11.8 Å². The SMILES string of the molecule is CCCC[C@H]1C(=O)N(C)[C@@H](CCCC)C(=O)N[C@@H](CCCNC(=N)N)C(=O)N[C@H](C(=O)NCC(N)=O)CSCC(=O)N[C@@H](Cc2ccccc2)C(=O)N(C)[C@H](C)C(=O)N[C@@H](CC(N)=O)C(=O)N2CCC[C@H]2C(=O)N[C@@H](Cc2cnc[nH]2)C(=O)N[C@@H](CC(C)C)C(=O)N(C)CC(=O)C[C@@H](Cc2c[nH]cn2)C(=O)N[C@@H](CO)C(=O)N[C@@H](Cc2c[nH]c3ccccc23)C(=O)N1C. The molecule has 16 amide bonds. The number of nitrogens with two attached hydrogens (primary N) is 3. The van der Waals surface area contributed by atoms with Crippen molar-refractivity contribution in [3.05, 3.63) is 108 Å². The fourth-order valence-electron chi connectivity index (χ4n) is 15.1. The van der Waals surface area contributed by atoms with E-state index in [0.717, 1.165) is 36.3 Å². The first-order chi connectivity index (χ1) is 60.9. The molecule has 0 radical (unpaired) electrons. The number of para-hydroxylation sites is 1. The summed E-state index contributed by atoms with van der Waals surface area (Å²) < 4.78 is 0. The molecule has 3 aromatic heterocycles. The minimum absolute atomic E-state index is 0.00136. The number of aliphatic hydroxyl groups is 1. The molecule has 43 heteroatoms. The van der Waals surface area contributed by atoms with Crippen molar-refractivity contribution >= 4 is 129 Å². The molecule has 2 aliphatic rings. The number of fused-ring (bicyclic) bond motifs is 2. The highest BCUT2D eigenvalue weighted by atomic mass is 32.2. The summed E-state index contributed by atoms with van der Waals surface area (Å²) in [6.45, 7) is 6.07. The van der Waals surface area contributed by atoms with Crippen LogP contribution in [-0.2, 0) is 107 Å². The lowest BCUT2D eigenvalue weighted by molar-refractivity contribution is -0.149. The maximum atomic E-state index is 15.6. The van der Waals surface area contributed by atoms with Crippen LogP contribution in [0.2, 0.25) is 0 Å². The second-order valence-corrected chi connectivity index (χ2v) is 33.7. The Kier molecular flexibility index (Phi) is 40.3. The van der Waals surface area contributed by atoms with Gasteiger partial charge in [0.05, 0.1) is 56.1 Å². The minimum atomic E-state index is -1.81. The lowest BCUT2D eigenvalue weighted by atomic mass is 9.95. The van der Waals surface area contributed by atoms with Gasteiger partial charge in [-0.05, 0) is 75.0 Å². The van der Waals surface area contributed by atoms with Crippen LogP contribution in [0.3, 0.4) is 0 Å². The Labute approximate surface area is 746 Å². The van der Waals surface area contributed by atoms with Crippen molar-refractivity contribution in [1.29, 1.82) is 5.41 Å². The second kappa shape index (κ2) is 50.5. The number of likely N-dealkylation sites (N-methyl/N-ethyl adjacent to an activating group) is 4. The van der Waals surface area contributed by atoms with Gasteiger partial charge in [-0.3, -0.25) is 86.9 Å². The third-order valence-corrected chi connectivity index (χ3v) is 23.3. The monoisotopic (exact) mass is 1800 g/mol. The number of nitrogens with one attached hydrogen (secondary N) is 14. The van der Waals surface area contributed by atoms with E-state index in [2.05, 4.69) is 78.1 Å². The number of nitrogens with zero attached hydrogens (tertiary/aromatic N) is 7. The number of guanidine groups is 1. The molecular formula is C85H124N24O18S. The first-order valence-corrected chi connectivity index (χ1v) is 44.0. The van der Waals surface area contributed by atoms with Crippen molar-refractivity contribution in [1.82, 2.24) is 103 Å². The topological polar surface area (TPSA) is 622 Å². The zero-order valence-electron chi connectivity index (χ0n) is 73.8. The highest BCUT2D eigenvalue weighted by molar-refractivity contribution is 8.00. The van der Waals surface area contributed by atoms with Gasteiger partial charge in [0.2, 0.25) is 94.5 Å². The summed E-state index contributed by atoms with van der Waals surface area (Å²) in [5.74, 6) is -18.0. The first kappa shape index (κ1) is 102. The first-order valence-electron chi connectivity index (χ1n) is 42.9. The molecule has 0 saturated carbocycles. The number of carbonyl (C=O) groups excluding carboxylic acids is 17. The van der Waals surface area contributed by atoms with Gasteiger partial charge in [0.1, 0.15) is 72.5 Å². The van der Waals surface area contributed by atoms with Crippen LogP contribution in [0, 0.1) is 17.2 Å². The third-order valence-electron chi connectivity index (χ3n) is 22.3. The van der Waals surface area contributed by atoms with E-state index in [1.807, 2.05) is 13.8 Å². The molecular weight excluding hydrogens is 1680 g/mol. The van der Waals surface area contributed by atoms with Gasteiger partial charge in [-0.25, -0.2) is 9.97 Å². The average molecular weight is 1800 g/mol. The molecule has 0 aliphatic carbocycles. The van der Waals surface area contributed by atoms with Gasteiger partial charge in [0.15, 0.2) is 11.7 Å². The van der Waals surface area contributed by atoms with Crippen molar-refractivity contribution in [2.45, 2.75) is 216 Å². The van der Waals surface area contributed by atoms with E-state index in [1.165, 1.54) is 60.2 Å². The number of H-pyrrole nitrogens is 3. The zero-order valence-corrected chi connectivity index (χ0v) is 74.6. The number of carbonyl (C=O) groups is 17. The number of unbranched alkanes of at least 4 members (excludes halogenated alkanes) is 2. The largest absolute Gasteiger partial charge is 0.394 e. The number of rotatable bonds is 26. The molecule has 0 bridgehead atoms. The van der Waals surface area contributed by atoms with E-state index in [-0.39, 0.29) is 89.6 Å². The number of benzene rings is 2. The molecule has 5 heterocycles. The predicted molar refractivity (Wildman–Crippen MR) is 471 cm³/mol. The fourth-order valence-corrected chi connectivity index (χ4v) is 16.0. The van der Waals surface area contributed by atoms with Crippen molar-refractivity contribution in [2.24, 2.45) is 29.0 Å². The van der Waals surface area contributed by atoms with E-state index in [0.29, 0.717) is 59.1 Å². The van der Waals surface area contributed by atoms with Gasteiger partial charge in [0.25, 0.3) is 0 Å². The molecule has 698 valence electrons. The maximum Gasteiger partial charge on any atom is 0.246 e. The molecule has 42 nitrogen and oxygen atoms in total. The number of imidazole rings is 2. The number of aliphatic hydroxyl groups excluding tert-OH is 1. The normalized spacial score (nSPS) is 23.9. The van der Waals surface area contributed by atoms with Crippen LogP contribution in [0.5, 0.6) is 0 Å². The predicted octanol–water partition coefficient (Wildman–Crippen LogP) is -2.81. The Hall–Kier alpha value is -12.8. The van der Waals surface area contributed by atoms with Crippen molar-refractivity contribution in [2.75, 3.05) is 72.5 Å². The molecule has 21 N–H and O–H groups in total. The second-order valence-electron chi connectivity index (χ2n) is 32.7. The Balaban J connectivity index is 1.28. The number of aromatic nitrogens is 5. The Morgan fingerprint density at radius 3 is 1.88 bits per heavy atom. The number of ketones is 1. The summed E-state index contributed by atoms with van der Waals surface area (Å²) >= 11 is 0.795. The zero-order chi connectivity index (χ0) is 94.0. The van der Waals surface area contributed by atoms with E-state index in [4.69, 9.17) is 22.6 Å². The fraction of sp³-hybridized carbons (Fsp3) is 0.553. The number of Topliss-reactive ketones (excluding diaryl/α,β-unsaturated/α-hetero) is 1. The molecule has 5 aromatic rings. The number of aromatic amines is 3. The average Bonchev–Trinajstić information content (AvgIpc) is 1.46. The van der Waals surface area contributed by atoms with Crippen LogP contribution < -0.4 is 70.4 Å².